The van der Waals surface area contributed by atoms with Gasteiger partial charge in [-0.3, -0.25) is 4.79 Å². The number of nitrogens with zero attached hydrogens (tertiary/aromatic N) is 2. The van der Waals surface area contributed by atoms with E-state index in [0.717, 1.165) is 0 Å². The van der Waals surface area contributed by atoms with Gasteiger partial charge in [0.25, 0.3) is 5.91 Å². The van der Waals surface area contributed by atoms with Crippen LogP contribution in [-0.2, 0) is 0 Å². The maximum absolute atomic E-state index is 12.0. The van der Waals surface area contributed by atoms with Gasteiger partial charge in [0, 0.05) is 32.7 Å². The lowest BCUT2D eigenvalue weighted by molar-refractivity contribution is 0.0634. The van der Waals surface area contributed by atoms with Crippen molar-refractivity contribution in [2.75, 3.05) is 32.7 Å². The average Bonchev–Trinajstić information content (AvgIpc) is 2.92. The first-order valence-electron chi connectivity index (χ1n) is 6.08. The Hall–Kier alpha value is -1.98. The van der Waals surface area contributed by atoms with Crippen LogP contribution in [0.25, 0.3) is 0 Å². The van der Waals surface area contributed by atoms with Crippen LogP contribution >= 0.6 is 0 Å². The van der Waals surface area contributed by atoms with E-state index in [-0.39, 0.29) is 11.9 Å². The minimum atomic E-state index is -0.115. The molecule has 0 atom stereocenters. The van der Waals surface area contributed by atoms with Crippen LogP contribution < -0.4 is 5.32 Å². The molecule has 0 unspecified atom stereocenters. The summed E-state index contributed by atoms with van der Waals surface area (Å²) in [5.41, 5.74) is 0. The number of hydrogen-bond donors (Lipinski definition) is 1. The van der Waals surface area contributed by atoms with Crippen LogP contribution in [0, 0.1) is 0 Å². The minimum absolute atomic E-state index is 0.0670. The summed E-state index contributed by atoms with van der Waals surface area (Å²) >= 11 is 0. The van der Waals surface area contributed by atoms with E-state index in [1.165, 1.54) is 6.26 Å². The van der Waals surface area contributed by atoms with Crippen molar-refractivity contribution in [2.24, 2.45) is 0 Å². The number of furan rings is 1. The number of nitrogens with one attached hydrogen (secondary N) is 1. The maximum atomic E-state index is 12.0. The van der Waals surface area contributed by atoms with E-state index in [2.05, 4.69) is 5.32 Å². The van der Waals surface area contributed by atoms with Gasteiger partial charge in [-0.15, -0.1) is 0 Å². The molecular formula is C12H17N3O3. The van der Waals surface area contributed by atoms with Crippen molar-refractivity contribution in [3.05, 3.63) is 24.2 Å². The average molecular weight is 251 g/mol. The van der Waals surface area contributed by atoms with Gasteiger partial charge in [0.05, 0.1) is 6.26 Å². The molecule has 1 N–H and O–H groups in total. The lowest BCUT2D eigenvalue weighted by Crippen LogP contribution is -2.53. The van der Waals surface area contributed by atoms with E-state index in [0.29, 0.717) is 38.5 Å². The van der Waals surface area contributed by atoms with Crippen molar-refractivity contribution < 1.29 is 14.0 Å². The molecule has 0 radical (unpaired) electrons. The lowest BCUT2D eigenvalue weighted by atomic mass is 10.3. The molecule has 0 aromatic carbocycles. The number of amides is 3. The highest BCUT2D eigenvalue weighted by molar-refractivity contribution is 5.91. The number of rotatable bonds is 2. The molecule has 1 fully saturated rings. The molecule has 98 valence electrons. The zero-order valence-electron chi connectivity index (χ0n) is 10.4. The van der Waals surface area contributed by atoms with Gasteiger partial charge in [0.1, 0.15) is 0 Å². The van der Waals surface area contributed by atoms with Crippen molar-refractivity contribution in [3.8, 4) is 0 Å². The maximum Gasteiger partial charge on any atom is 0.317 e. The first-order valence-corrected chi connectivity index (χ1v) is 6.08. The number of carbonyl (C=O) groups excluding carboxylic acids is 2. The third-order valence-electron chi connectivity index (χ3n) is 2.91. The topological polar surface area (TPSA) is 65.8 Å². The summed E-state index contributed by atoms with van der Waals surface area (Å²) in [5, 5.41) is 2.75. The van der Waals surface area contributed by atoms with Gasteiger partial charge in [-0.1, -0.05) is 0 Å². The fraction of sp³-hybridized carbons (Fsp3) is 0.500. The second kappa shape index (κ2) is 5.57. The van der Waals surface area contributed by atoms with E-state index >= 15 is 0 Å². The summed E-state index contributed by atoms with van der Waals surface area (Å²) in [6.07, 6.45) is 1.48. The molecule has 0 spiro atoms. The normalized spacial score (nSPS) is 15.6. The van der Waals surface area contributed by atoms with E-state index in [4.69, 9.17) is 4.42 Å². The molecule has 2 rings (SSSR count). The number of urea groups is 1. The fourth-order valence-corrected chi connectivity index (χ4v) is 1.93. The second-order valence-corrected chi connectivity index (χ2v) is 4.09. The molecule has 1 aliphatic heterocycles. The van der Waals surface area contributed by atoms with E-state index in [9.17, 15) is 9.59 Å². The molecule has 1 aliphatic rings. The van der Waals surface area contributed by atoms with E-state index < -0.39 is 0 Å². The van der Waals surface area contributed by atoms with Crippen molar-refractivity contribution >= 4 is 11.9 Å². The van der Waals surface area contributed by atoms with Gasteiger partial charge in [-0.25, -0.2) is 4.79 Å². The molecule has 6 nitrogen and oxygen atoms in total. The summed E-state index contributed by atoms with van der Waals surface area (Å²) in [4.78, 5) is 27.0. The zero-order valence-corrected chi connectivity index (χ0v) is 10.4. The van der Waals surface area contributed by atoms with Crippen LogP contribution in [-0.4, -0.2) is 54.5 Å². The highest BCUT2D eigenvalue weighted by Crippen LogP contribution is 2.09. The Balaban J connectivity index is 1.87. The van der Waals surface area contributed by atoms with Crippen molar-refractivity contribution in [1.29, 1.82) is 0 Å². The highest BCUT2D eigenvalue weighted by Gasteiger charge is 2.25. The third-order valence-corrected chi connectivity index (χ3v) is 2.91. The summed E-state index contributed by atoms with van der Waals surface area (Å²) in [5.74, 6) is 0.233. The minimum Gasteiger partial charge on any atom is -0.459 e. The summed E-state index contributed by atoms with van der Waals surface area (Å²) < 4.78 is 5.08. The Kier molecular flexibility index (Phi) is 3.86. The molecule has 1 saturated heterocycles. The van der Waals surface area contributed by atoms with Crippen molar-refractivity contribution in [3.63, 3.8) is 0 Å². The molecule has 0 saturated carbocycles. The van der Waals surface area contributed by atoms with Crippen LogP contribution in [0.15, 0.2) is 22.8 Å². The van der Waals surface area contributed by atoms with E-state index in [1.54, 1.807) is 21.9 Å². The molecule has 3 amide bonds. The number of hydrogen-bond acceptors (Lipinski definition) is 3. The highest BCUT2D eigenvalue weighted by atomic mass is 16.3. The molecule has 2 heterocycles. The smallest absolute Gasteiger partial charge is 0.317 e. The standard InChI is InChI=1S/C12H17N3O3/c1-2-13-12(17)15-7-5-14(6-8-15)11(16)10-4-3-9-18-10/h3-4,9H,2,5-8H2,1H3,(H,13,17). The monoisotopic (exact) mass is 251 g/mol. The Morgan fingerprint density at radius 2 is 1.94 bits per heavy atom. The summed E-state index contributed by atoms with van der Waals surface area (Å²) in [7, 11) is 0. The molecule has 1 aromatic rings. The van der Waals surface area contributed by atoms with Gasteiger partial charge >= 0.3 is 6.03 Å². The molecule has 18 heavy (non-hydrogen) atoms. The zero-order chi connectivity index (χ0) is 13.0. The largest absolute Gasteiger partial charge is 0.459 e. The molecular weight excluding hydrogens is 234 g/mol. The third kappa shape index (κ3) is 2.64. The molecule has 1 aromatic heterocycles. The molecule has 0 aliphatic carbocycles. The Labute approximate surface area is 106 Å². The van der Waals surface area contributed by atoms with Crippen molar-refractivity contribution in [2.45, 2.75) is 6.92 Å². The molecule has 6 heteroatoms. The van der Waals surface area contributed by atoms with Crippen LogP contribution in [0.5, 0.6) is 0 Å². The van der Waals surface area contributed by atoms with Crippen LogP contribution in [0.2, 0.25) is 0 Å². The first-order chi connectivity index (χ1) is 8.72. The van der Waals surface area contributed by atoms with Crippen LogP contribution in [0.1, 0.15) is 17.5 Å². The SMILES string of the molecule is CCNC(=O)N1CCN(C(=O)c2ccco2)CC1. The van der Waals surface area contributed by atoms with Gasteiger partial charge in [-0.2, -0.15) is 0 Å². The van der Waals surface area contributed by atoms with E-state index in [1.807, 2.05) is 6.92 Å². The fourth-order valence-electron chi connectivity index (χ4n) is 1.93. The lowest BCUT2D eigenvalue weighted by Gasteiger charge is -2.34. The second-order valence-electron chi connectivity index (χ2n) is 4.09. The Morgan fingerprint density at radius 1 is 1.28 bits per heavy atom. The van der Waals surface area contributed by atoms with Gasteiger partial charge in [0.15, 0.2) is 5.76 Å². The Morgan fingerprint density at radius 3 is 2.50 bits per heavy atom. The Bertz CT molecular complexity index is 408. The number of carbonyl (C=O) groups is 2. The summed E-state index contributed by atoms with van der Waals surface area (Å²) in [6, 6.07) is 3.28. The van der Waals surface area contributed by atoms with Gasteiger partial charge in [0.2, 0.25) is 0 Å². The molecule has 0 bridgehead atoms. The quantitative estimate of drug-likeness (QED) is 0.844. The van der Waals surface area contributed by atoms with Crippen molar-refractivity contribution in [1.82, 2.24) is 15.1 Å². The van der Waals surface area contributed by atoms with Gasteiger partial charge in [-0.05, 0) is 19.1 Å². The van der Waals surface area contributed by atoms with Crippen LogP contribution in [0.3, 0.4) is 0 Å². The first kappa shape index (κ1) is 12.5. The van der Waals surface area contributed by atoms with Crippen LogP contribution in [0.4, 0.5) is 4.79 Å². The predicted octanol–water partition coefficient (Wildman–Crippen LogP) is 0.767. The number of piperazine rings is 1. The predicted molar refractivity (Wildman–Crippen MR) is 65.3 cm³/mol. The summed E-state index contributed by atoms with van der Waals surface area (Å²) in [6.45, 7) is 4.68. The van der Waals surface area contributed by atoms with Gasteiger partial charge < -0.3 is 19.5 Å².